The van der Waals surface area contributed by atoms with Gasteiger partial charge in [-0.3, -0.25) is 23.7 Å². The minimum absolute atomic E-state index is 0.0997. The summed E-state index contributed by atoms with van der Waals surface area (Å²) in [5.74, 6) is 1.05. The number of benzene rings is 5. The van der Waals surface area contributed by atoms with E-state index in [0.29, 0.717) is 28.6 Å². The van der Waals surface area contributed by atoms with Crippen LogP contribution in [-0.4, -0.2) is 51.6 Å². The Bertz CT molecular complexity index is 2280. The topological polar surface area (TPSA) is 161 Å². The Morgan fingerprint density at radius 3 is 1.02 bits per heavy atom. The molecule has 0 atom stereocenters. The number of ether oxygens (including phenoxy) is 4. The second-order valence-corrected chi connectivity index (χ2v) is 15.7. The molecule has 0 saturated heterocycles. The largest absolute Gasteiger partial charge is 0.530 e. The molecule has 0 bridgehead atoms. The van der Waals surface area contributed by atoms with Crippen molar-refractivity contribution in [2.24, 2.45) is 0 Å². The van der Waals surface area contributed by atoms with Crippen molar-refractivity contribution in [2.45, 2.75) is 47.1 Å². The Kier molecular flexibility index (Phi) is 15.3. The van der Waals surface area contributed by atoms with Gasteiger partial charge in [-0.15, -0.1) is 0 Å². The van der Waals surface area contributed by atoms with Crippen LogP contribution in [0.1, 0.15) is 88.5 Å². The number of para-hydroxylation sites is 1. The monoisotopic (exact) mass is 872 g/mol. The van der Waals surface area contributed by atoms with Gasteiger partial charge in [0.15, 0.2) is 23.1 Å². The molecule has 0 heterocycles. The standard InChI is InChI=1S/C45H46O14P2/c1-27(46)35-19-15-31(50-7)23-41(35)55-60(56-42-24-32(51-8)16-20-36(42)28(2)47)54-40-14-12-11-13-39(40)45(5,6)59-61(57-43-25-33(52-9)17-21-37(43)29(3)48)58-44-26-34(53-10)18-22-38(44)30(4)49/h11-26H,1-10H3. The average Bonchev–Trinajstić information content (AvgIpc) is 3.22. The van der Waals surface area contributed by atoms with Crippen LogP contribution in [0.15, 0.2) is 97.1 Å². The van der Waals surface area contributed by atoms with Gasteiger partial charge in [-0.1, -0.05) is 18.2 Å². The van der Waals surface area contributed by atoms with Gasteiger partial charge in [0.25, 0.3) is 0 Å². The van der Waals surface area contributed by atoms with Crippen LogP contribution in [0.3, 0.4) is 0 Å². The molecule has 0 spiro atoms. The average molecular weight is 873 g/mol. The smallest absolute Gasteiger partial charge is 0.497 e. The lowest BCUT2D eigenvalue weighted by molar-refractivity contribution is 0.0917. The van der Waals surface area contributed by atoms with Gasteiger partial charge in [0, 0.05) is 29.8 Å². The highest BCUT2D eigenvalue weighted by atomic mass is 31.2. The molecule has 0 amide bonds. The zero-order valence-corrected chi connectivity index (χ0v) is 37.1. The molecule has 0 radical (unpaired) electrons. The summed E-state index contributed by atoms with van der Waals surface area (Å²) in [7, 11) is 0.848. The number of carbonyl (C=O) groups is 4. The Hall–Kier alpha value is -6.20. The Morgan fingerprint density at radius 2 is 0.705 bits per heavy atom. The van der Waals surface area contributed by atoms with Gasteiger partial charge in [-0.2, -0.15) is 0 Å². The number of Topliss-reactive ketones (excluding diaryl/α,β-unsaturated/α-hetero) is 4. The van der Waals surface area contributed by atoms with Gasteiger partial charge >= 0.3 is 17.2 Å². The molecule has 16 heteroatoms. The summed E-state index contributed by atoms with van der Waals surface area (Å²) >= 11 is 0. The summed E-state index contributed by atoms with van der Waals surface area (Å²) in [6.45, 7) is 9.04. The van der Waals surface area contributed by atoms with E-state index in [1.807, 2.05) is 0 Å². The summed E-state index contributed by atoms with van der Waals surface area (Å²) in [4.78, 5) is 51.1. The van der Waals surface area contributed by atoms with Crippen LogP contribution in [0.2, 0.25) is 0 Å². The van der Waals surface area contributed by atoms with Crippen LogP contribution in [0.4, 0.5) is 0 Å². The maximum Gasteiger partial charge on any atom is 0.530 e. The highest BCUT2D eigenvalue weighted by Crippen LogP contribution is 2.53. The number of rotatable bonds is 21. The number of hydrogen-bond acceptors (Lipinski definition) is 14. The second kappa shape index (κ2) is 20.4. The van der Waals surface area contributed by atoms with Crippen LogP contribution in [0.25, 0.3) is 0 Å². The first-order valence-electron chi connectivity index (χ1n) is 18.6. The fourth-order valence-electron chi connectivity index (χ4n) is 5.78. The lowest BCUT2D eigenvalue weighted by Crippen LogP contribution is -2.23. The fourth-order valence-corrected chi connectivity index (χ4v) is 8.04. The van der Waals surface area contributed by atoms with Gasteiger partial charge in [-0.05, 0) is 96.1 Å². The first-order valence-corrected chi connectivity index (χ1v) is 20.8. The molecule has 5 aromatic carbocycles. The normalized spacial score (nSPS) is 11.1. The van der Waals surface area contributed by atoms with E-state index in [1.165, 1.54) is 80.4 Å². The van der Waals surface area contributed by atoms with Crippen molar-refractivity contribution >= 4 is 40.3 Å². The third-order valence-corrected chi connectivity index (χ3v) is 11.3. The number of methoxy groups -OCH3 is 4. The predicted octanol–water partition coefficient (Wildman–Crippen LogP) is 10.9. The maximum absolute atomic E-state index is 12.8. The third kappa shape index (κ3) is 11.5. The van der Waals surface area contributed by atoms with Crippen molar-refractivity contribution in [3.8, 4) is 51.7 Å². The second-order valence-electron chi connectivity index (χ2n) is 13.7. The van der Waals surface area contributed by atoms with Crippen molar-refractivity contribution in [3.05, 3.63) is 125 Å². The highest BCUT2D eigenvalue weighted by Gasteiger charge is 2.36. The molecular formula is C45H46O14P2. The van der Waals surface area contributed by atoms with Gasteiger partial charge in [0.1, 0.15) is 57.3 Å². The Morgan fingerprint density at radius 1 is 0.410 bits per heavy atom. The van der Waals surface area contributed by atoms with Crippen molar-refractivity contribution in [1.29, 1.82) is 0 Å². The fraction of sp³-hybridized carbons (Fsp3) is 0.244. The molecular weight excluding hydrogens is 826 g/mol. The van der Waals surface area contributed by atoms with E-state index >= 15 is 0 Å². The van der Waals surface area contributed by atoms with E-state index in [0.717, 1.165) is 0 Å². The molecule has 0 N–H and O–H groups in total. The molecule has 0 aliphatic carbocycles. The minimum atomic E-state index is -2.54. The molecule has 5 aromatic rings. The van der Waals surface area contributed by atoms with Gasteiger partial charge in [-0.25, -0.2) is 0 Å². The molecule has 0 unspecified atom stereocenters. The molecule has 5 rings (SSSR count). The quantitative estimate of drug-likeness (QED) is 0.0506. The zero-order valence-electron chi connectivity index (χ0n) is 35.3. The third-order valence-electron chi connectivity index (χ3n) is 8.98. The van der Waals surface area contributed by atoms with E-state index in [9.17, 15) is 19.2 Å². The van der Waals surface area contributed by atoms with Gasteiger partial charge in [0.05, 0.1) is 50.7 Å². The number of ketones is 4. The summed E-state index contributed by atoms with van der Waals surface area (Å²) in [5.41, 5.74) is 0.00171. The predicted molar refractivity (Wildman–Crippen MR) is 230 cm³/mol. The summed E-state index contributed by atoms with van der Waals surface area (Å²) in [6, 6.07) is 25.7. The van der Waals surface area contributed by atoms with Gasteiger partial charge in [0.2, 0.25) is 0 Å². The molecule has 0 aliphatic heterocycles. The van der Waals surface area contributed by atoms with Crippen LogP contribution in [0, 0.1) is 0 Å². The Balaban J connectivity index is 1.61. The molecule has 320 valence electrons. The summed E-state index contributed by atoms with van der Waals surface area (Å²) in [6.07, 6.45) is 0. The first-order chi connectivity index (χ1) is 29.1. The minimum Gasteiger partial charge on any atom is -0.497 e. The molecule has 61 heavy (non-hydrogen) atoms. The lowest BCUT2D eigenvalue weighted by Gasteiger charge is -2.31. The molecule has 14 nitrogen and oxygen atoms in total. The maximum atomic E-state index is 12.8. The molecule has 0 aromatic heterocycles. The summed E-state index contributed by atoms with van der Waals surface area (Å²) < 4.78 is 60.6. The zero-order chi connectivity index (χ0) is 44.4. The van der Waals surface area contributed by atoms with Crippen LogP contribution in [0.5, 0.6) is 51.7 Å². The Labute approximate surface area is 356 Å². The van der Waals surface area contributed by atoms with E-state index in [1.54, 1.807) is 86.6 Å². The van der Waals surface area contributed by atoms with Gasteiger partial charge < -0.3 is 41.6 Å². The van der Waals surface area contributed by atoms with Crippen molar-refractivity contribution in [3.63, 3.8) is 0 Å². The molecule has 0 fully saturated rings. The van der Waals surface area contributed by atoms with Crippen LogP contribution >= 0.6 is 17.2 Å². The van der Waals surface area contributed by atoms with Crippen molar-refractivity contribution < 1.29 is 65.3 Å². The summed E-state index contributed by atoms with van der Waals surface area (Å²) in [5, 5.41) is 0. The molecule has 0 aliphatic rings. The number of hydrogen-bond donors (Lipinski definition) is 0. The van der Waals surface area contributed by atoms with Crippen LogP contribution < -0.4 is 41.6 Å². The van der Waals surface area contributed by atoms with E-state index < -0.39 is 22.8 Å². The van der Waals surface area contributed by atoms with E-state index in [-0.39, 0.29) is 74.1 Å². The van der Waals surface area contributed by atoms with Crippen molar-refractivity contribution in [1.82, 2.24) is 0 Å². The van der Waals surface area contributed by atoms with Crippen molar-refractivity contribution in [2.75, 3.05) is 28.4 Å². The van der Waals surface area contributed by atoms with E-state index in [4.69, 9.17) is 46.1 Å². The van der Waals surface area contributed by atoms with Crippen LogP contribution in [-0.2, 0) is 10.1 Å². The SMILES string of the molecule is COc1ccc(C(C)=O)c(OP(Oc2cc(OC)ccc2C(C)=O)Oc2ccccc2C(C)(C)OP(Oc2cc(OC)ccc2C(C)=O)Oc2cc(OC)ccc2C(C)=O)c1. The van der Waals surface area contributed by atoms with E-state index in [2.05, 4.69) is 0 Å². The highest BCUT2D eigenvalue weighted by molar-refractivity contribution is 7.43. The molecule has 0 saturated carbocycles. The first kappa shape index (κ1) is 45.9. The lowest BCUT2D eigenvalue weighted by atomic mass is 9.98. The number of carbonyl (C=O) groups excluding carboxylic acids is 4.